The standard InChI is InChI=1S/C19H21N5O4/c1-23-17(25)15(18(26)24(2)19(23)27)16(12-4-6-14(28-3)7-5-12)21-9-8-13-10-20-11-22-13/h4-7,10-11,25H,8-9H2,1-3H3,(H,20,22). The van der Waals surface area contributed by atoms with Crippen LogP contribution in [0.2, 0.25) is 0 Å². The Morgan fingerprint density at radius 3 is 2.54 bits per heavy atom. The number of methoxy groups -OCH3 is 1. The molecule has 146 valence electrons. The molecule has 0 amide bonds. The Morgan fingerprint density at radius 2 is 1.93 bits per heavy atom. The average Bonchev–Trinajstić information content (AvgIpc) is 3.23. The highest BCUT2D eigenvalue weighted by Crippen LogP contribution is 2.19. The Morgan fingerprint density at radius 1 is 1.21 bits per heavy atom. The first kappa shape index (κ1) is 19.2. The van der Waals surface area contributed by atoms with Crippen molar-refractivity contribution < 1.29 is 9.84 Å². The maximum Gasteiger partial charge on any atom is 0.333 e. The van der Waals surface area contributed by atoms with E-state index in [0.717, 1.165) is 14.8 Å². The number of hydrogen-bond donors (Lipinski definition) is 2. The number of rotatable bonds is 6. The van der Waals surface area contributed by atoms with Crippen molar-refractivity contribution in [1.82, 2.24) is 19.1 Å². The molecular weight excluding hydrogens is 362 g/mol. The molecule has 0 spiro atoms. The van der Waals surface area contributed by atoms with Crippen LogP contribution in [0.5, 0.6) is 11.6 Å². The van der Waals surface area contributed by atoms with Crippen LogP contribution < -0.4 is 16.0 Å². The number of aromatic amines is 1. The Bertz CT molecular complexity index is 1110. The first-order chi connectivity index (χ1) is 13.4. The molecule has 2 heterocycles. The Labute approximate surface area is 160 Å². The zero-order chi connectivity index (χ0) is 20.3. The van der Waals surface area contributed by atoms with Gasteiger partial charge in [-0.3, -0.25) is 18.9 Å². The predicted molar refractivity (Wildman–Crippen MR) is 104 cm³/mol. The van der Waals surface area contributed by atoms with Crippen molar-refractivity contribution >= 4 is 5.71 Å². The third-order valence-corrected chi connectivity index (χ3v) is 4.44. The molecule has 0 saturated heterocycles. The minimum absolute atomic E-state index is 0.0284. The van der Waals surface area contributed by atoms with E-state index in [-0.39, 0.29) is 5.56 Å². The van der Waals surface area contributed by atoms with Crippen molar-refractivity contribution in [3.63, 3.8) is 0 Å². The highest BCUT2D eigenvalue weighted by molar-refractivity contribution is 6.14. The topological polar surface area (TPSA) is 114 Å². The number of nitrogens with zero attached hydrogens (tertiary/aromatic N) is 4. The van der Waals surface area contributed by atoms with Gasteiger partial charge in [-0.05, 0) is 24.3 Å². The van der Waals surface area contributed by atoms with E-state index in [4.69, 9.17) is 4.74 Å². The molecule has 0 unspecified atom stereocenters. The number of nitrogens with one attached hydrogen (secondary N) is 1. The van der Waals surface area contributed by atoms with Crippen LogP contribution in [0.4, 0.5) is 0 Å². The number of H-pyrrole nitrogens is 1. The largest absolute Gasteiger partial charge is 0.497 e. The lowest BCUT2D eigenvalue weighted by atomic mass is 10.0. The number of ether oxygens (including phenoxy) is 1. The number of imidazole rings is 1. The summed E-state index contributed by atoms with van der Waals surface area (Å²) in [7, 11) is 4.32. The molecular formula is C19H21N5O4. The maximum atomic E-state index is 12.8. The minimum Gasteiger partial charge on any atom is -0.497 e. The van der Waals surface area contributed by atoms with Crippen LogP contribution >= 0.6 is 0 Å². The van der Waals surface area contributed by atoms with E-state index in [2.05, 4.69) is 15.0 Å². The van der Waals surface area contributed by atoms with Gasteiger partial charge in [0.2, 0.25) is 5.88 Å². The van der Waals surface area contributed by atoms with Crippen LogP contribution in [0.15, 0.2) is 51.4 Å². The first-order valence-electron chi connectivity index (χ1n) is 8.59. The molecule has 3 aromatic rings. The summed E-state index contributed by atoms with van der Waals surface area (Å²) in [5.74, 6) is 0.224. The fraction of sp³-hybridized carbons (Fsp3) is 0.263. The van der Waals surface area contributed by atoms with Gasteiger partial charge < -0.3 is 14.8 Å². The molecule has 28 heavy (non-hydrogen) atoms. The first-order valence-corrected chi connectivity index (χ1v) is 8.59. The second-order valence-corrected chi connectivity index (χ2v) is 6.19. The molecule has 0 atom stereocenters. The number of aliphatic imine (C=N–C) groups is 1. The van der Waals surface area contributed by atoms with Crippen molar-refractivity contribution in [2.24, 2.45) is 19.1 Å². The molecule has 2 N–H and O–H groups in total. The van der Waals surface area contributed by atoms with Gasteiger partial charge in [0.05, 0.1) is 19.1 Å². The van der Waals surface area contributed by atoms with E-state index in [1.165, 1.54) is 14.1 Å². The molecule has 3 rings (SSSR count). The van der Waals surface area contributed by atoms with Crippen LogP contribution in [-0.2, 0) is 20.5 Å². The third kappa shape index (κ3) is 3.59. The lowest BCUT2D eigenvalue weighted by Crippen LogP contribution is -2.40. The summed E-state index contributed by atoms with van der Waals surface area (Å²) in [6.07, 6.45) is 3.86. The van der Waals surface area contributed by atoms with Crippen molar-refractivity contribution in [2.45, 2.75) is 6.42 Å². The summed E-state index contributed by atoms with van der Waals surface area (Å²) >= 11 is 0. The quantitative estimate of drug-likeness (QED) is 0.605. The van der Waals surface area contributed by atoms with Crippen LogP contribution in [0, 0.1) is 0 Å². The van der Waals surface area contributed by atoms with Crippen LogP contribution in [0.3, 0.4) is 0 Å². The van der Waals surface area contributed by atoms with E-state index in [0.29, 0.717) is 30.0 Å². The van der Waals surface area contributed by atoms with Crippen LogP contribution in [0.1, 0.15) is 16.8 Å². The van der Waals surface area contributed by atoms with Gasteiger partial charge in [0.1, 0.15) is 11.3 Å². The van der Waals surface area contributed by atoms with Gasteiger partial charge in [-0.25, -0.2) is 9.78 Å². The summed E-state index contributed by atoms with van der Waals surface area (Å²) < 4.78 is 7.14. The molecule has 0 fully saturated rings. The fourth-order valence-corrected chi connectivity index (χ4v) is 2.81. The second kappa shape index (κ2) is 7.95. The Balaban J connectivity index is 2.13. The molecule has 0 bridgehead atoms. The molecule has 0 aliphatic heterocycles. The summed E-state index contributed by atoms with van der Waals surface area (Å²) in [5.41, 5.74) is 0.566. The van der Waals surface area contributed by atoms with Gasteiger partial charge in [0.25, 0.3) is 5.56 Å². The van der Waals surface area contributed by atoms with E-state index < -0.39 is 17.1 Å². The fourth-order valence-electron chi connectivity index (χ4n) is 2.81. The van der Waals surface area contributed by atoms with Gasteiger partial charge >= 0.3 is 5.69 Å². The normalized spacial score (nSPS) is 11.6. The van der Waals surface area contributed by atoms with Gasteiger partial charge in [-0.2, -0.15) is 0 Å². The van der Waals surface area contributed by atoms with E-state index in [1.807, 2.05) is 0 Å². The molecule has 0 aliphatic rings. The van der Waals surface area contributed by atoms with Crippen molar-refractivity contribution in [2.75, 3.05) is 13.7 Å². The molecule has 9 nitrogen and oxygen atoms in total. The molecule has 0 saturated carbocycles. The zero-order valence-corrected chi connectivity index (χ0v) is 15.8. The smallest absolute Gasteiger partial charge is 0.333 e. The van der Waals surface area contributed by atoms with Gasteiger partial charge in [-0.15, -0.1) is 0 Å². The summed E-state index contributed by atoms with van der Waals surface area (Å²) in [4.78, 5) is 36.4. The lowest BCUT2D eigenvalue weighted by Gasteiger charge is -2.13. The molecule has 0 radical (unpaired) electrons. The molecule has 2 aromatic heterocycles. The van der Waals surface area contributed by atoms with Gasteiger partial charge in [0, 0.05) is 44.5 Å². The van der Waals surface area contributed by atoms with Crippen molar-refractivity contribution in [3.8, 4) is 11.6 Å². The Hall–Kier alpha value is -3.62. The third-order valence-electron chi connectivity index (χ3n) is 4.44. The van der Waals surface area contributed by atoms with Crippen LogP contribution in [0.25, 0.3) is 0 Å². The SMILES string of the molecule is COc1ccc(C(=NCCc2cnc[nH]2)c2c(O)n(C)c(=O)n(C)c2=O)cc1. The van der Waals surface area contributed by atoms with E-state index in [1.54, 1.807) is 43.9 Å². The number of aromatic nitrogens is 4. The molecule has 1 aromatic carbocycles. The molecule has 0 aliphatic carbocycles. The number of hydrogen-bond acceptors (Lipinski definition) is 6. The highest BCUT2D eigenvalue weighted by atomic mass is 16.5. The minimum atomic E-state index is -0.614. The number of aromatic hydroxyl groups is 1. The van der Waals surface area contributed by atoms with E-state index >= 15 is 0 Å². The molecule has 9 heteroatoms. The predicted octanol–water partition coefficient (Wildman–Crippen LogP) is 0.601. The van der Waals surface area contributed by atoms with Crippen LogP contribution in [-0.4, -0.2) is 43.6 Å². The van der Waals surface area contributed by atoms with E-state index in [9.17, 15) is 14.7 Å². The Kier molecular flexibility index (Phi) is 5.44. The summed E-state index contributed by atoms with van der Waals surface area (Å²) in [6, 6.07) is 6.97. The number of benzene rings is 1. The van der Waals surface area contributed by atoms with Gasteiger partial charge in [-0.1, -0.05) is 0 Å². The summed E-state index contributed by atoms with van der Waals surface area (Å²) in [5, 5.41) is 10.5. The second-order valence-electron chi connectivity index (χ2n) is 6.19. The van der Waals surface area contributed by atoms with Gasteiger partial charge in [0.15, 0.2) is 0 Å². The van der Waals surface area contributed by atoms with Crippen molar-refractivity contribution in [1.29, 1.82) is 0 Å². The summed E-state index contributed by atoms with van der Waals surface area (Å²) in [6.45, 7) is 0.356. The van der Waals surface area contributed by atoms with Crippen molar-refractivity contribution in [3.05, 3.63) is 74.4 Å². The monoisotopic (exact) mass is 383 g/mol. The lowest BCUT2D eigenvalue weighted by molar-refractivity contribution is 0.410. The highest BCUT2D eigenvalue weighted by Gasteiger charge is 2.21. The zero-order valence-electron chi connectivity index (χ0n) is 15.8. The maximum absolute atomic E-state index is 12.8. The average molecular weight is 383 g/mol.